The Morgan fingerprint density at radius 3 is 2.67 bits per heavy atom. The molecule has 0 saturated carbocycles. The minimum Gasteiger partial charge on any atom is -0.390 e. The van der Waals surface area contributed by atoms with Crippen LogP contribution in [0.25, 0.3) is 0 Å². The quantitative estimate of drug-likeness (QED) is 0.565. The summed E-state index contributed by atoms with van der Waals surface area (Å²) < 4.78 is 16.8. The molecule has 0 unspecified atom stereocenters. The summed E-state index contributed by atoms with van der Waals surface area (Å²) in [6, 6.07) is 0. The standard InChI is InChI=1S/C6H11FO2/c1-4-2-5(8)6(3-7)9-4/h4-6,8H,2-3H2,1H3/t4-,5+,6+/m0/s1. The number of hydrogen-bond donors (Lipinski definition) is 1. The van der Waals surface area contributed by atoms with Crippen LogP contribution in [-0.2, 0) is 4.74 Å². The fourth-order valence-electron chi connectivity index (χ4n) is 1.08. The first-order valence-electron chi connectivity index (χ1n) is 3.13. The molecule has 3 atom stereocenters. The van der Waals surface area contributed by atoms with E-state index in [0.29, 0.717) is 6.42 Å². The number of aliphatic hydroxyl groups excluding tert-OH is 1. The maximum Gasteiger partial charge on any atom is 0.118 e. The van der Waals surface area contributed by atoms with E-state index in [-0.39, 0.29) is 6.10 Å². The molecule has 0 spiro atoms. The van der Waals surface area contributed by atoms with E-state index in [4.69, 9.17) is 9.84 Å². The summed E-state index contributed by atoms with van der Waals surface area (Å²) in [6.07, 6.45) is -0.583. The SMILES string of the molecule is C[C@H]1C[C@@H](O)[C@@H](CF)O1. The maximum absolute atomic E-state index is 11.8. The van der Waals surface area contributed by atoms with E-state index in [1.165, 1.54) is 0 Å². The Labute approximate surface area is 53.6 Å². The average Bonchev–Trinajstić information content (AvgIpc) is 2.10. The number of alkyl halides is 1. The number of hydrogen-bond acceptors (Lipinski definition) is 2. The van der Waals surface area contributed by atoms with Crippen LogP contribution in [0.4, 0.5) is 4.39 Å². The Hall–Kier alpha value is -0.150. The summed E-state index contributed by atoms with van der Waals surface area (Å²) in [7, 11) is 0. The smallest absolute Gasteiger partial charge is 0.118 e. The first-order valence-corrected chi connectivity index (χ1v) is 3.13. The summed E-state index contributed by atoms with van der Waals surface area (Å²) in [5, 5.41) is 8.99. The third kappa shape index (κ3) is 1.40. The normalized spacial score (nSPS) is 43.7. The summed E-state index contributed by atoms with van der Waals surface area (Å²) in [6.45, 7) is 1.25. The molecule has 9 heavy (non-hydrogen) atoms. The van der Waals surface area contributed by atoms with Crippen molar-refractivity contribution in [2.45, 2.75) is 31.7 Å². The number of halogens is 1. The molecule has 1 saturated heterocycles. The summed E-state index contributed by atoms with van der Waals surface area (Å²) >= 11 is 0. The predicted molar refractivity (Wildman–Crippen MR) is 30.9 cm³/mol. The number of ether oxygens (including phenoxy) is 1. The molecule has 1 heterocycles. The van der Waals surface area contributed by atoms with Gasteiger partial charge in [-0.3, -0.25) is 0 Å². The molecule has 0 amide bonds. The van der Waals surface area contributed by atoms with Gasteiger partial charge in [-0.25, -0.2) is 4.39 Å². The summed E-state index contributed by atoms with van der Waals surface area (Å²) in [5.74, 6) is 0. The first-order chi connectivity index (χ1) is 4.24. The molecule has 0 aromatic rings. The molecular formula is C6H11FO2. The number of rotatable bonds is 1. The highest BCUT2D eigenvalue weighted by Crippen LogP contribution is 2.19. The lowest BCUT2D eigenvalue weighted by atomic mass is 10.2. The summed E-state index contributed by atoms with van der Waals surface area (Å²) in [4.78, 5) is 0. The van der Waals surface area contributed by atoms with Crippen molar-refractivity contribution in [3.63, 3.8) is 0 Å². The van der Waals surface area contributed by atoms with Crippen LogP contribution >= 0.6 is 0 Å². The van der Waals surface area contributed by atoms with Crippen molar-refractivity contribution in [1.82, 2.24) is 0 Å². The molecule has 0 aliphatic carbocycles. The zero-order valence-electron chi connectivity index (χ0n) is 5.38. The van der Waals surface area contributed by atoms with Crippen LogP contribution in [0.1, 0.15) is 13.3 Å². The fourth-order valence-corrected chi connectivity index (χ4v) is 1.08. The van der Waals surface area contributed by atoms with Gasteiger partial charge in [0.05, 0.1) is 12.2 Å². The number of aliphatic hydroxyl groups is 1. The Morgan fingerprint density at radius 1 is 1.78 bits per heavy atom. The Bertz CT molecular complexity index is 97.1. The molecule has 0 bridgehead atoms. The highest BCUT2D eigenvalue weighted by atomic mass is 19.1. The van der Waals surface area contributed by atoms with E-state index in [2.05, 4.69) is 0 Å². The third-order valence-corrected chi connectivity index (χ3v) is 1.56. The molecule has 1 aliphatic heterocycles. The Balaban J connectivity index is 2.38. The van der Waals surface area contributed by atoms with Gasteiger partial charge in [-0.2, -0.15) is 0 Å². The van der Waals surface area contributed by atoms with Crippen LogP contribution < -0.4 is 0 Å². The molecule has 1 rings (SSSR count). The van der Waals surface area contributed by atoms with E-state index in [0.717, 1.165) is 0 Å². The maximum atomic E-state index is 11.8. The first kappa shape index (κ1) is 6.96. The molecule has 0 aromatic heterocycles. The van der Waals surface area contributed by atoms with Crippen molar-refractivity contribution in [3.05, 3.63) is 0 Å². The van der Waals surface area contributed by atoms with Gasteiger partial charge in [-0.1, -0.05) is 0 Å². The van der Waals surface area contributed by atoms with Crippen molar-refractivity contribution in [2.24, 2.45) is 0 Å². The van der Waals surface area contributed by atoms with E-state index >= 15 is 0 Å². The highest BCUT2D eigenvalue weighted by molar-refractivity contribution is 4.78. The zero-order chi connectivity index (χ0) is 6.85. The van der Waals surface area contributed by atoms with Gasteiger partial charge in [0.1, 0.15) is 12.8 Å². The van der Waals surface area contributed by atoms with E-state index in [1.807, 2.05) is 6.92 Å². The van der Waals surface area contributed by atoms with Crippen molar-refractivity contribution >= 4 is 0 Å². The second-order valence-electron chi connectivity index (χ2n) is 2.44. The second kappa shape index (κ2) is 2.62. The summed E-state index contributed by atoms with van der Waals surface area (Å²) in [5.41, 5.74) is 0. The van der Waals surface area contributed by atoms with Crippen molar-refractivity contribution in [1.29, 1.82) is 0 Å². The second-order valence-corrected chi connectivity index (χ2v) is 2.44. The Morgan fingerprint density at radius 2 is 2.44 bits per heavy atom. The van der Waals surface area contributed by atoms with Crippen molar-refractivity contribution in [2.75, 3.05) is 6.67 Å². The minimum absolute atomic E-state index is 0.0146. The van der Waals surface area contributed by atoms with Gasteiger partial charge in [0.15, 0.2) is 0 Å². The molecule has 3 heteroatoms. The molecule has 2 nitrogen and oxygen atoms in total. The van der Waals surface area contributed by atoms with Crippen LogP contribution in [-0.4, -0.2) is 30.1 Å². The van der Waals surface area contributed by atoms with Crippen LogP contribution in [0.15, 0.2) is 0 Å². The minimum atomic E-state index is -0.593. The topological polar surface area (TPSA) is 29.5 Å². The Kier molecular flexibility index (Phi) is 2.03. The molecule has 1 N–H and O–H groups in total. The largest absolute Gasteiger partial charge is 0.390 e. The van der Waals surface area contributed by atoms with Crippen LogP contribution in [0, 0.1) is 0 Å². The van der Waals surface area contributed by atoms with Crippen LogP contribution in [0.3, 0.4) is 0 Å². The fraction of sp³-hybridized carbons (Fsp3) is 1.00. The lowest BCUT2D eigenvalue weighted by Crippen LogP contribution is -2.22. The van der Waals surface area contributed by atoms with E-state index < -0.39 is 18.9 Å². The van der Waals surface area contributed by atoms with Gasteiger partial charge in [0, 0.05) is 6.42 Å². The van der Waals surface area contributed by atoms with Gasteiger partial charge in [0.2, 0.25) is 0 Å². The molecular weight excluding hydrogens is 123 g/mol. The molecule has 54 valence electrons. The monoisotopic (exact) mass is 134 g/mol. The van der Waals surface area contributed by atoms with Crippen LogP contribution in [0.2, 0.25) is 0 Å². The van der Waals surface area contributed by atoms with E-state index in [1.54, 1.807) is 0 Å². The van der Waals surface area contributed by atoms with Crippen molar-refractivity contribution in [3.8, 4) is 0 Å². The average molecular weight is 134 g/mol. The third-order valence-electron chi connectivity index (χ3n) is 1.56. The van der Waals surface area contributed by atoms with E-state index in [9.17, 15) is 4.39 Å². The zero-order valence-corrected chi connectivity index (χ0v) is 5.38. The molecule has 1 aliphatic rings. The van der Waals surface area contributed by atoms with Gasteiger partial charge in [-0.15, -0.1) is 0 Å². The highest BCUT2D eigenvalue weighted by Gasteiger charge is 2.30. The van der Waals surface area contributed by atoms with Crippen LogP contribution in [0.5, 0.6) is 0 Å². The molecule has 1 fully saturated rings. The van der Waals surface area contributed by atoms with Gasteiger partial charge in [-0.05, 0) is 6.92 Å². The van der Waals surface area contributed by atoms with Gasteiger partial charge in [0.25, 0.3) is 0 Å². The van der Waals surface area contributed by atoms with Gasteiger partial charge >= 0.3 is 0 Å². The lowest BCUT2D eigenvalue weighted by molar-refractivity contribution is 0.00206. The van der Waals surface area contributed by atoms with Gasteiger partial charge < -0.3 is 9.84 Å². The predicted octanol–water partition coefficient (Wildman–Crippen LogP) is 0.494. The van der Waals surface area contributed by atoms with Crippen molar-refractivity contribution < 1.29 is 14.2 Å². The molecule has 0 aromatic carbocycles. The lowest BCUT2D eigenvalue weighted by Gasteiger charge is -2.07. The molecule has 0 radical (unpaired) electrons.